The van der Waals surface area contributed by atoms with Crippen molar-refractivity contribution in [3.05, 3.63) is 28.0 Å². The zero-order chi connectivity index (χ0) is 15.7. The van der Waals surface area contributed by atoms with Crippen LogP contribution in [0.15, 0.2) is 23.1 Å². The number of rotatable bonds is 9. The van der Waals surface area contributed by atoms with Gasteiger partial charge in [0.15, 0.2) is 0 Å². The number of hydrogen-bond acceptors (Lipinski definition) is 6. The van der Waals surface area contributed by atoms with Crippen LogP contribution >= 0.6 is 11.3 Å². The molecule has 5 nitrogen and oxygen atoms in total. The van der Waals surface area contributed by atoms with Crippen molar-refractivity contribution in [1.82, 2.24) is 0 Å². The molecule has 21 heavy (non-hydrogen) atoms. The highest BCUT2D eigenvalue weighted by Gasteiger charge is 2.28. The first-order chi connectivity index (χ1) is 10.1. The smallest absolute Gasteiger partial charge is 0.342 e. The molecule has 0 aliphatic heterocycles. The van der Waals surface area contributed by atoms with Crippen LogP contribution in [0.25, 0.3) is 6.08 Å². The number of ketones is 1. The van der Waals surface area contributed by atoms with E-state index < -0.39 is 18.0 Å². The van der Waals surface area contributed by atoms with Crippen LogP contribution in [0, 0.1) is 0 Å². The summed E-state index contributed by atoms with van der Waals surface area (Å²) in [6, 6.07) is 3.65. The number of ether oxygens (including phenoxy) is 3. The summed E-state index contributed by atoms with van der Waals surface area (Å²) in [5.41, 5.74) is -0.0637. The zero-order valence-electron chi connectivity index (χ0n) is 12.5. The van der Waals surface area contributed by atoms with Gasteiger partial charge in [0.2, 0.25) is 12.1 Å². The molecule has 0 bridgehead atoms. The van der Waals surface area contributed by atoms with Crippen LogP contribution in [0.1, 0.15) is 25.6 Å². The second-order valence-corrected chi connectivity index (χ2v) is 4.88. The molecule has 0 aliphatic rings. The standard InChI is InChI=1S/C15H20O5S/c1-4-18-14(17)12(10-11-8-7-9-21-11)13(16)15(19-5-2)20-6-3/h7-10,15H,4-6H2,1-3H3/b12-10-. The van der Waals surface area contributed by atoms with Gasteiger partial charge in [-0.15, -0.1) is 11.3 Å². The molecule has 0 atom stereocenters. The summed E-state index contributed by atoms with van der Waals surface area (Å²) in [7, 11) is 0. The number of carbonyl (C=O) groups excluding carboxylic acids is 2. The summed E-state index contributed by atoms with van der Waals surface area (Å²) < 4.78 is 15.5. The number of carbonyl (C=O) groups is 2. The Bertz CT molecular complexity index is 472. The fourth-order valence-electron chi connectivity index (χ4n) is 1.58. The minimum Gasteiger partial charge on any atom is -0.462 e. The average Bonchev–Trinajstić information content (AvgIpc) is 2.97. The quantitative estimate of drug-likeness (QED) is 0.231. The Kier molecular flexibility index (Phi) is 7.89. The molecular formula is C15H20O5S. The van der Waals surface area contributed by atoms with Gasteiger partial charge in [0.1, 0.15) is 5.57 Å². The van der Waals surface area contributed by atoms with Gasteiger partial charge in [0.05, 0.1) is 6.61 Å². The third kappa shape index (κ3) is 5.41. The van der Waals surface area contributed by atoms with E-state index in [-0.39, 0.29) is 12.2 Å². The molecule has 0 unspecified atom stereocenters. The first-order valence-electron chi connectivity index (χ1n) is 6.83. The molecule has 1 aromatic rings. The van der Waals surface area contributed by atoms with Crippen LogP contribution < -0.4 is 0 Å². The number of hydrogen-bond donors (Lipinski definition) is 0. The Balaban J connectivity index is 3.04. The predicted molar refractivity (Wildman–Crippen MR) is 81.0 cm³/mol. The highest BCUT2D eigenvalue weighted by molar-refractivity contribution is 7.10. The Hall–Kier alpha value is -1.50. The van der Waals surface area contributed by atoms with Gasteiger partial charge in [-0.25, -0.2) is 4.79 Å². The average molecular weight is 312 g/mol. The van der Waals surface area contributed by atoms with Crippen LogP contribution in [0.2, 0.25) is 0 Å². The van der Waals surface area contributed by atoms with E-state index in [1.54, 1.807) is 20.8 Å². The molecule has 0 aliphatic carbocycles. The Morgan fingerprint density at radius 1 is 1.19 bits per heavy atom. The van der Waals surface area contributed by atoms with Crippen molar-refractivity contribution < 1.29 is 23.8 Å². The van der Waals surface area contributed by atoms with Crippen molar-refractivity contribution in [3.8, 4) is 0 Å². The highest BCUT2D eigenvalue weighted by atomic mass is 32.1. The first kappa shape index (κ1) is 17.6. The Morgan fingerprint density at radius 2 is 1.86 bits per heavy atom. The van der Waals surface area contributed by atoms with Gasteiger partial charge in [-0.2, -0.15) is 0 Å². The molecular weight excluding hydrogens is 292 g/mol. The zero-order valence-corrected chi connectivity index (χ0v) is 13.3. The normalized spacial score (nSPS) is 11.7. The van der Waals surface area contributed by atoms with Gasteiger partial charge in [-0.3, -0.25) is 4.79 Å². The number of esters is 1. The first-order valence-corrected chi connectivity index (χ1v) is 7.71. The third-order valence-electron chi connectivity index (χ3n) is 2.44. The number of Topliss-reactive ketones (excluding diaryl/α,β-unsaturated/α-hetero) is 1. The van der Waals surface area contributed by atoms with E-state index >= 15 is 0 Å². The van der Waals surface area contributed by atoms with Crippen molar-refractivity contribution in [2.24, 2.45) is 0 Å². The van der Waals surface area contributed by atoms with Gasteiger partial charge < -0.3 is 14.2 Å². The van der Waals surface area contributed by atoms with Crippen LogP contribution in [0.3, 0.4) is 0 Å². The third-order valence-corrected chi connectivity index (χ3v) is 3.26. The van der Waals surface area contributed by atoms with Gasteiger partial charge in [0, 0.05) is 18.1 Å². The summed E-state index contributed by atoms with van der Waals surface area (Å²) in [6.45, 7) is 6.02. The van der Waals surface area contributed by atoms with Crippen molar-refractivity contribution in [3.63, 3.8) is 0 Å². The predicted octanol–water partition coefficient (Wildman–Crippen LogP) is 2.66. The van der Waals surface area contributed by atoms with Crippen LogP contribution in [0.4, 0.5) is 0 Å². The van der Waals surface area contributed by atoms with Gasteiger partial charge in [-0.1, -0.05) is 6.07 Å². The van der Waals surface area contributed by atoms with Crippen LogP contribution in [-0.2, 0) is 23.8 Å². The van der Waals surface area contributed by atoms with E-state index in [1.807, 2.05) is 17.5 Å². The molecule has 6 heteroatoms. The molecule has 0 amide bonds. The topological polar surface area (TPSA) is 61.8 Å². The SMILES string of the molecule is CCOC(=O)/C(=C\c1cccs1)C(=O)C(OCC)OCC. The van der Waals surface area contributed by atoms with Crippen LogP contribution in [0.5, 0.6) is 0 Å². The molecule has 1 heterocycles. The maximum absolute atomic E-state index is 12.5. The van der Waals surface area contributed by atoms with Crippen molar-refractivity contribution >= 4 is 29.2 Å². The van der Waals surface area contributed by atoms with Crippen molar-refractivity contribution in [2.45, 2.75) is 27.1 Å². The highest BCUT2D eigenvalue weighted by Crippen LogP contribution is 2.17. The van der Waals surface area contributed by atoms with E-state index in [0.717, 1.165) is 4.88 Å². The minimum absolute atomic E-state index is 0.0637. The largest absolute Gasteiger partial charge is 0.462 e. The van der Waals surface area contributed by atoms with Gasteiger partial charge in [-0.05, 0) is 38.3 Å². The summed E-state index contributed by atoms with van der Waals surface area (Å²) in [5, 5.41) is 1.86. The monoisotopic (exact) mass is 312 g/mol. The van der Waals surface area contributed by atoms with Gasteiger partial charge >= 0.3 is 5.97 Å². The Labute approximate surface area is 128 Å². The lowest BCUT2D eigenvalue weighted by Gasteiger charge is -2.16. The fraction of sp³-hybridized carbons (Fsp3) is 0.467. The van der Waals surface area contributed by atoms with E-state index in [9.17, 15) is 9.59 Å². The Morgan fingerprint density at radius 3 is 2.33 bits per heavy atom. The molecule has 0 spiro atoms. The molecule has 116 valence electrons. The molecule has 0 N–H and O–H groups in total. The molecule has 1 rings (SSSR count). The van der Waals surface area contributed by atoms with Gasteiger partial charge in [0.25, 0.3) is 0 Å². The summed E-state index contributed by atoms with van der Waals surface area (Å²) in [4.78, 5) is 25.2. The molecule has 0 fully saturated rings. The lowest BCUT2D eigenvalue weighted by molar-refractivity contribution is -0.165. The summed E-state index contributed by atoms with van der Waals surface area (Å²) in [6.07, 6.45) is 0.423. The van der Waals surface area contributed by atoms with E-state index in [2.05, 4.69) is 0 Å². The van der Waals surface area contributed by atoms with E-state index in [4.69, 9.17) is 14.2 Å². The summed E-state index contributed by atoms with van der Waals surface area (Å²) in [5.74, 6) is -1.19. The number of thiophene rings is 1. The maximum atomic E-state index is 12.5. The lowest BCUT2D eigenvalue weighted by Crippen LogP contribution is -2.32. The maximum Gasteiger partial charge on any atom is 0.342 e. The lowest BCUT2D eigenvalue weighted by atomic mass is 10.1. The molecule has 0 aromatic carbocycles. The molecule has 1 aromatic heterocycles. The van der Waals surface area contributed by atoms with Crippen molar-refractivity contribution in [2.75, 3.05) is 19.8 Å². The van der Waals surface area contributed by atoms with E-state index in [1.165, 1.54) is 17.4 Å². The molecule has 0 saturated heterocycles. The molecule has 0 saturated carbocycles. The second-order valence-electron chi connectivity index (χ2n) is 3.90. The van der Waals surface area contributed by atoms with Crippen LogP contribution in [-0.4, -0.2) is 37.9 Å². The van der Waals surface area contributed by atoms with E-state index in [0.29, 0.717) is 13.2 Å². The molecule has 0 radical (unpaired) electrons. The minimum atomic E-state index is -1.09. The fourth-order valence-corrected chi connectivity index (χ4v) is 2.24. The second kappa shape index (κ2) is 9.44. The summed E-state index contributed by atoms with van der Waals surface area (Å²) >= 11 is 1.42. The van der Waals surface area contributed by atoms with Crippen molar-refractivity contribution in [1.29, 1.82) is 0 Å².